The average Bonchev–Trinajstić information content (AvgIpc) is 2.34. The van der Waals surface area contributed by atoms with Crippen molar-refractivity contribution in [1.82, 2.24) is 10.2 Å². The zero-order valence-electron chi connectivity index (χ0n) is 14.3. The number of aliphatic hydroxyl groups is 1. The van der Waals surface area contributed by atoms with E-state index < -0.39 is 22.9 Å². The number of amides is 2. The van der Waals surface area contributed by atoms with Crippen LogP contribution in [0.25, 0.3) is 0 Å². The smallest absolute Gasteiger partial charge is 0.312 e. The molecule has 0 saturated carbocycles. The molecule has 0 aromatic carbocycles. The highest BCUT2D eigenvalue weighted by atomic mass is 16.3. The van der Waals surface area contributed by atoms with Crippen LogP contribution in [-0.2, 0) is 9.59 Å². The Balaban J connectivity index is 2.67. The topological polar surface area (TPSA) is 95.7 Å². The molecule has 4 N–H and O–H groups in total. The third-order valence-corrected chi connectivity index (χ3v) is 4.25. The van der Waals surface area contributed by atoms with Crippen molar-refractivity contribution >= 4 is 11.8 Å². The molecular formula is C16H31N3O3. The second-order valence-electron chi connectivity index (χ2n) is 7.47. The Morgan fingerprint density at radius 2 is 1.68 bits per heavy atom. The number of nitrogens with zero attached hydrogens (tertiary/aromatic N) is 1. The first-order valence-electron chi connectivity index (χ1n) is 8.11. The van der Waals surface area contributed by atoms with Crippen LogP contribution in [0, 0.1) is 0 Å². The highest BCUT2D eigenvalue weighted by Crippen LogP contribution is 2.37. The number of likely N-dealkylation sites (tertiary alicyclic amines) is 1. The molecule has 1 aliphatic heterocycles. The van der Waals surface area contributed by atoms with E-state index in [1.807, 2.05) is 27.7 Å². The van der Waals surface area contributed by atoms with Gasteiger partial charge in [-0.2, -0.15) is 0 Å². The number of hydrogen-bond donors (Lipinski definition) is 3. The van der Waals surface area contributed by atoms with Gasteiger partial charge in [0.25, 0.3) is 0 Å². The molecule has 0 atom stereocenters. The molecule has 0 aromatic rings. The van der Waals surface area contributed by atoms with Gasteiger partial charge in [-0.1, -0.05) is 0 Å². The van der Waals surface area contributed by atoms with E-state index in [9.17, 15) is 9.59 Å². The minimum Gasteiger partial charge on any atom is -0.396 e. The minimum atomic E-state index is -0.555. The van der Waals surface area contributed by atoms with E-state index in [0.717, 1.165) is 12.8 Å². The monoisotopic (exact) mass is 313 g/mol. The number of aliphatic hydroxyl groups excluding tert-OH is 1. The van der Waals surface area contributed by atoms with Crippen molar-refractivity contribution in [2.75, 3.05) is 13.2 Å². The summed E-state index contributed by atoms with van der Waals surface area (Å²) < 4.78 is 0. The van der Waals surface area contributed by atoms with Gasteiger partial charge in [0.2, 0.25) is 0 Å². The summed E-state index contributed by atoms with van der Waals surface area (Å²) in [6, 6.07) is 0.0376. The maximum atomic E-state index is 12.6. The standard InChI is InChI=1S/C16H31N3O3/c1-15(2)10-12(17)11-16(3,4)19(15)14(22)13(21)18-8-6-5-7-9-20/h12,20H,5-11,17H2,1-4H3,(H,18,21). The Labute approximate surface area is 133 Å². The predicted octanol–water partition coefficient (Wildman–Crippen LogP) is 0.772. The normalized spacial score (nSPS) is 20.7. The summed E-state index contributed by atoms with van der Waals surface area (Å²) in [4.78, 5) is 26.4. The Bertz CT molecular complexity index is 389. The molecule has 1 saturated heterocycles. The summed E-state index contributed by atoms with van der Waals surface area (Å²) in [6.45, 7) is 8.45. The number of nitrogens with two attached hydrogens (primary N) is 1. The highest BCUT2D eigenvalue weighted by Gasteiger charge is 2.48. The van der Waals surface area contributed by atoms with Crippen LogP contribution in [0.1, 0.15) is 59.8 Å². The molecule has 0 radical (unpaired) electrons. The Morgan fingerprint density at radius 1 is 1.14 bits per heavy atom. The summed E-state index contributed by atoms with van der Waals surface area (Å²) in [7, 11) is 0. The van der Waals surface area contributed by atoms with Crippen molar-refractivity contribution in [3.8, 4) is 0 Å². The summed E-state index contributed by atoms with van der Waals surface area (Å²) in [6.07, 6.45) is 3.68. The summed E-state index contributed by atoms with van der Waals surface area (Å²) >= 11 is 0. The molecule has 1 fully saturated rings. The Morgan fingerprint density at radius 3 is 2.18 bits per heavy atom. The van der Waals surface area contributed by atoms with Crippen LogP contribution < -0.4 is 11.1 Å². The number of rotatable bonds is 5. The summed E-state index contributed by atoms with van der Waals surface area (Å²) in [5.41, 5.74) is 5.22. The van der Waals surface area contributed by atoms with Crippen molar-refractivity contribution in [3.63, 3.8) is 0 Å². The van der Waals surface area contributed by atoms with Gasteiger partial charge in [0.1, 0.15) is 0 Å². The molecule has 0 spiro atoms. The Kier molecular flexibility index (Phi) is 6.38. The summed E-state index contributed by atoms with van der Waals surface area (Å²) in [5.74, 6) is -1.04. The van der Waals surface area contributed by atoms with Crippen molar-refractivity contribution in [3.05, 3.63) is 0 Å². The maximum absolute atomic E-state index is 12.6. The van der Waals surface area contributed by atoms with Crippen LogP contribution >= 0.6 is 0 Å². The number of piperidine rings is 1. The second-order valence-corrected chi connectivity index (χ2v) is 7.47. The minimum absolute atomic E-state index is 0.0376. The van der Waals surface area contributed by atoms with E-state index >= 15 is 0 Å². The second kappa shape index (κ2) is 7.42. The largest absolute Gasteiger partial charge is 0.396 e. The molecule has 0 aliphatic carbocycles. The number of unbranched alkanes of at least 4 members (excludes halogenated alkanes) is 2. The molecular weight excluding hydrogens is 282 g/mol. The molecule has 0 unspecified atom stereocenters. The molecule has 2 amide bonds. The van der Waals surface area contributed by atoms with Gasteiger partial charge in [0, 0.05) is 30.3 Å². The van der Waals surface area contributed by atoms with Crippen molar-refractivity contribution < 1.29 is 14.7 Å². The van der Waals surface area contributed by atoms with Crippen LogP contribution in [0.4, 0.5) is 0 Å². The van der Waals surface area contributed by atoms with Gasteiger partial charge in [-0.15, -0.1) is 0 Å². The molecule has 6 heteroatoms. The lowest BCUT2D eigenvalue weighted by Gasteiger charge is -2.54. The third kappa shape index (κ3) is 4.68. The lowest BCUT2D eigenvalue weighted by molar-refractivity contribution is -0.159. The molecule has 6 nitrogen and oxygen atoms in total. The van der Waals surface area contributed by atoms with Crippen molar-refractivity contribution in [2.45, 2.75) is 76.9 Å². The fraction of sp³-hybridized carbons (Fsp3) is 0.875. The number of nitrogens with one attached hydrogen (secondary N) is 1. The molecule has 1 aliphatic rings. The van der Waals surface area contributed by atoms with Crippen LogP contribution in [0.3, 0.4) is 0 Å². The van der Waals surface area contributed by atoms with Crippen LogP contribution in [0.2, 0.25) is 0 Å². The average molecular weight is 313 g/mol. The Hall–Kier alpha value is -1.14. The molecule has 0 aromatic heterocycles. The van der Waals surface area contributed by atoms with Gasteiger partial charge in [-0.25, -0.2) is 0 Å². The van der Waals surface area contributed by atoms with E-state index in [2.05, 4.69) is 5.32 Å². The zero-order chi connectivity index (χ0) is 17.0. The van der Waals surface area contributed by atoms with E-state index in [0.29, 0.717) is 25.8 Å². The maximum Gasteiger partial charge on any atom is 0.312 e. The number of carbonyl (C=O) groups is 2. The first-order valence-corrected chi connectivity index (χ1v) is 8.11. The van der Waals surface area contributed by atoms with Gasteiger partial charge < -0.3 is 21.1 Å². The third-order valence-electron chi connectivity index (χ3n) is 4.25. The summed E-state index contributed by atoms with van der Waals surface area (Å²) in [5, 5.41) is 11.4. The van der Waals surface area contributed by atoms with E-state index in [1.54, 1.807) is 4.90 Å². The quantitative estimate of drug-likeness (QED) is 0.516. The molecule has 0 bridgehead atoms. The van der Waals surface area contributed by atoms with E-state index in [4.69, 9.17) is 10.8 Å². The SMILES string of the molecule is CC1(C)CC(N)CC(C)(C)N1C(=O)C(=O)NCCCCCO. The lowest BCUT2D eigenvalue weighted by atomic mass is 9.77. The fourth-order valence-corrected chi connectivity index (χ4v) is 3.70. The van der Waals surface area contributed by atoms with Crippen LogP contribution in [-0.4, -0.2) is 52.1 Å². The first kappa shape index (κ1) is 18.9. The van der Waals surface area contributed by atoms with Crippen molar-refractivity contribution in [1.29, 1.82) is 0 Å². The zero-order valence-corrected chi connectivity index (χ0v) is 14.3. The lowest BCUT2D eigenvalue weighted by Crippen LogP contribution is -2.67. The molecule has 1 heterocycles. The van der Waals surface area contributed by atoms with E-state index in [-0.39, 0.29) is 12.6 Å². The van der Waals surface area contributed by atoms with Gasteiger partial charge in [0.05, 0.1) is 0 Å². The van der Waals surface area contributed by atoms with Gasteiger partial charge >= 0.3 is 11.8 Å². The van der Waals surface area contributed by atoms with Crippen LogP contribution in [0.15, 0.2) is 0 Å². The number of carbonyl (C=O) groups excluding carboxylic acids is 2. The van der Waals surface area contributed by atoms with E-state index in [1.165, 1.54) is 0 Å². The van der Waals surface area contributed by atoms with Crippen molar-refractivity contribution in [2.24, 2.45) is 5.73 Å². The van der Waals surface area contributed by atoms with Crippen LogP contribution in [0.5, 0.6) is 0 Å². The highest BCUT2D eigenvalue weighted by molar-refractivity contribution is 6.35. The van der Waals surface area contributed by atoms with Gasteiger partial charge in [-0.05, 0) is 59.8 Å². The number of hydrogen-bond acceptors (Lipinski definition) is 4. The molecule has 128 valence electrons. The molecule has 22 heavy (non-hydrogen) atoms. The van der Waals surface area contributed by atoms with Gasteiger partial charge in [-0.3, -0.25) is 9.59 Å². The van der Waals surface area contributed by atoms with Gasteiger partial charge in [0.15, 0.2) is 0 Å². The predicted molar refractivity (Wildman–Crippen MR) is 86.2 cm³/mol. The molecule has 1 rings (SSSR count). The first-order chi connectivity index (χ1) is 10.1. The fourth-order valence-electron chi connectivity index (χ4n) is 3.70.